The van der Waals surface area contributed by atoms with Crippen molar-refractivity contribution in [3.05, 3.63) is 29.3 Å². The largest absolute Gasteiger partial charge is 0.483 e. The van der Waals surface area contributed by atoms with E-state index < -0.39 is 0 Å². The van der Waals surface area contributed by atoms with E-state index in [0.717, 1.165) is 29.8 Å². The van der Waals surface area contributed by atoms with E-state index in [4.69, 9.17) is 17.0 Å². The number of hydrogen-bond acceptors (Lipinski definition) is 3. The van der Waals surface area contributed by atoms with Crippen molar-refractivity contribution in [2.75, 3.05) is 13.2 Å². The number of rotatable bonds is 9. The van der Waals surface area contributed by atoms with Crippen molar-refractivity contribution >= 4 is 23.2 Å². The van der Waals surface area contributed by atoms with Gasteiger partial charge in [0.2, 0.25) is 0 Å². The van der Waals surface area contributed by atoms with Gasteiger partial charge in [-0.05, 0) is 49.7 Å². The van der Waals surface area contributed by atoms with E-state index in [1.807, 2.05) is 32.0 Å². The maximum atomic E-state index is 11.8. The van der Waals surface area contributed by atoms with Gasteiger partial charge in [-0.2, -0.15) is 0 Å². The minimum atomic E-state index is -0.241. The third-order valence-electron chi connectivity index (χ3n) is 3.52. The van der Waals surface area contributed by atoms with Crippen LogP contribution in [0.25, 0.3) is 0 Å². The van der Waals surface area contributed by atoms with E-state index in [1.165, 1.54) is 25.7 Å². The smallest absolute Gasteiger partial charge is 0.264 e. The van der Waals surface area contributed by atoms with Crippen molar-refractivity contribution in [3.63, 3.8) is 0 Å². The molecule has 0 spiro atoms. The van der Waals surface area contributed by atoms with Crippen molar-refractivity contribution in [3.8, 4) is 5.75 Å². The average Bonchev–Trinajstić information content (AvgIpc) is 2.51. The predicted octanol–water partition coefficient (Wildman–Crippen LogP) is 3.64. The maximum Gasteiger partial charge on any atom is 0.264 e. The lowest BCUT2D eigenvalue weighted by Gasteiger charge is -2.12. The topological polar surface area (TPSA) is 50.4 Å². The fourth-order valence-corrected chi connectivity index (χ4v) is 2.36. The number of nitrogens with one attached hydrogen (secondary N) is 2. The van der Waals surface area contributed by atoms with Gasteiger partial charge < -0.3 is 15.4 Å². The second-order valence-corrected chi connectivity index (χ2v) is 6.18. The molecule has 0 heterocycles. The second kappa shape index (κ2) is 11.0. The van der Waals surface area contributed by atoms with Gasteiger partial charge in [0.25, 0.3) is 5.91 Å². The lowest BCUT2D eigenvalue weighted by Crippen LogP contribution is -2.41. The van der Waals surface area contributed by atoms with E-state index in [2.05, 4.69) is 17.6 Å². The molecule has 1 rings (SSSR count). The number of aryl methyl sites for hydroxylation is 2. The second-order valence-electron chi connectivity index (χ2n) is 5.78. The van der Waals surface area contributed by atoms with Crippen LogP contribution in [0, 0.1) is 13.8 Å². The van der Waals surface area contributed by atoms with Gasteiger partial charge in [-0.25, -0.2) is 0 Å². The first-order chi connectivity index (χ1) is 11.0. The Hall–Kier alpha value is -1.62. The van der Waals surface area contributed by atoms with Crippen molar-refractivity contribution in [1.82, 2.24) is 10.6 Å². The van der Waals surface area contributed by atoms with E-state index in [1.54, 1.807) is 0 Å². The fourth-order valence-electron chi connectivity index (χ4n) is 2.14. The Morgan fingerprint density at radius 1 is 1.17 bits per heavy atom. The lowest BCUT2D eigenvalue weighted by atomic mass is 10.1. The van der Waals surface area contributed by atoms with Crippen LogP contribution in [0.1, 0.15) is 50.2 Å². The molecule has 23 heavy (non-hydrogen) atoms. The summed E-state index contributed by atoms with van der Waals surface area (Å²) in [6, 6.07) is 5.92. The Balaban J connectivity index is 2.20. The van der Waals surface area contributed by atoms with Gasteiger partial charge in [0.15, 0.2) is 11.7 Å². The summed E-state index contributed by atoms with van der Waals surface area (Å²) in [4.78, 5) is 11.8. The molecule has 0 unspecified atom stereocenters. The first kappa shape index (κ1) is 19.4. The van der Waals surface area contributed by atoms with Crippen molar-refractivity contribution in [2.24, 2.45) is 0 Å². The van der Waals surface area contributed by atoms with Crippen LogP contribution >= 0.6 is 12.2 Å². The molecule has 2 N–H and O–H groups in total. The van der Waals surface area contributed by atoms with Crippen LogP contribution in [0.4, 0.5) is 0 Å². The lowest BCUT2D eigenvalue weighted by molar-refractivity contribution is -0.121. The summed E-state index contributed by atoms with van der Waals surface area (Å²) in [7, 11) is 0. The summed E-state index contributed by atoms with van der Waals surface area (Å²) < 4.78 is 5.55. The molecule has 0 atom stereocenters. The predicted molar refractivity (Wildman–Crippen MR) is 98.9 cm³/mol. The van der Waals surface area contributed by atoms with Gasteiger partial charge in [-0.3, -0.25) is 4.79 Å². The van der Waals surface area contributed by atoms with Crippen LogP contribution in [-0.2, 0) is 4.79 Å². The zero-order valence-electron chi connectivity index (χ0n) is 14.4. The summed E-state index contributed by atoms with van der Waals surface area (Å²) in [5.41, 5.74) is 2.11. The molecule has 0 aliphatic carbocycles. The Bertz CT molecular complexity index is 518. The number of carbonyl (C=O) groups excluding carboxylic acids is 1. The number of thiocarbonyl (C=S) groups is 1. The molecule has 1 aromatic rings. The van der Waals surface area contributed by atoms with Gasteiger partial charge in [0, 0.05) is 6.54 Å². The van der Waals surface area contributed by atoms with E-state index in [-0.39, 0.29) is 12.5 Å². The Labute approximate surface area is 145 Å². The van der Waals surface area contributed by atoms with E-state index in [9.17, 15) is 4.79 Å². The minimum absolute atomic E-state index is 0.0391. The molecule has 1 amide bonds. The van der Waals surface area contributed by atoms with Crippen LogP contribution in [-0.4, -0.2) is 24.2 Å². The van der Waals surface area contributed by atoms with Crippen LogP contribution in [0.15, 0.2) is 18.2 Å². The highest BCUT2D eigenvalue weighted by Gasteiger charge is 2.07. The molecule has 128 valence electrons. The normalized spacial score (nSPS) is 10.2. The van der Waals surface area contributed by atoms with Crippen molar-refractivity contribution in [2.45, 2.75) is 52.9 Å². The maximum absolute atomic E-state index is 11.8. The van der Waals surface area contributed by atoms with Gasteiger partial charge in [-0.1, -0.05) is 44.7 Å². The summed E-state index contributed by atoms with van der Waals surface area (Å²) >= 11 is 5.11. The molecular formula is C18H28N2O2S. The van der Waals surface area contributed by atoms with Crippen LogP contribution < -0.4 is 15.4 Å². The number of hydrogen-bond donors (Lipinski definition) is 2. The Morgan fingerprint density at radius 3 is 2.65 bits per heavy atom. The van der Waals surface area contributed by atoms with Crippen LogP contribution in [0.5, 0.6) is 5.75 Å². The summed E-state index contributed by atoms with van der Waals surface area (Å²) in [5.74, 6) is 0.490. The summed E-state index contributed by atoms with van der Waals surface area (Å²) in [6.07, 6.45) is 6.02. The molecule has 0 bridgehead atoms. The van der Waals surface area contributed by atoms with Crippen LogP contribution in [0.2, 0.25) is 0 Å². The molecule has 0 saturated carbocycles. The monoisotopic (exact) mass is 336 g/mol. The third-order valence-corrected chi connectivity index (χ3v) is 3.77. The standard InChI is InChI=1S/C18H28N2O2S/c1-4-5-6-7-8-11-19-18(23)20-17(21)13-22-16-12-14(2)9-10-15(16)3/h9-10,12H,4-8,11,13H2,1-3H3,(H2,19,20,21,23). The van der Waals surface area contributed by atoms with E-state index in [0.29, 0.717) is 5.11 Å². The molecule has 0 saturated heterocycles. The first-order valence-corrected chi connectivity index (χ1v) is 8.71. The van der Waals surface area contributed by atoms with Crippen molar-refractivity contribution < 1.29 is 9.53 Å². The molecular weight excluding hydrogens is 308 g/mol. The molecule has 0 aliphatic rings. The fraction of sp³-hybridized carbons (Fsp3) is 0.556. The zero-order chi connectivity index (χ0) is 17.1. The number of benzene rings is 1. The highest BCUT2D eigenvalue weighted by atomic mass is 32.1. The van der Waals surface area contributed by atoms with Gasteiger partial charge in [0.05, 0.1) is 0 Å². The molecule has 0 aliphatic heterocycles. The highest BCUT2D eigenvalue weighted by molar-refractivity contribution is 7.80. The Morgan fingerprint density at radius 2 is 1.91 bits per heavy atom. The summed E-state index contributed by atoms with van der Waals surface area (Å²) in [5, 5.41) is 6.07. The number of amides is 1. The number of ether oxygens (including phenoxy) is 1. The Kier molecular flexibility index (Phi) is 9.29. The average molecular weight is 337 g/mol. The molecule has 4 nitrogen and oxygen atoms in total. The van der Waals surface area contributed by atoms with Gasteiger partial charge in [0.1, 0.15) is 5.75 Å². The summed E-state index contributed by atoms with van der Waals surface area (Å²) in [6.45, 7) is 6.90. The number of carbonyl (C=O) groups is 1. The zero-order valence-corrected chi connectivity index (χ0v) is 15.2. The quantitative estimate of drug-likeness (QED) is 0.534. The molecule has 0 fully saturated rings. The third kappa shape index (κ3) is 8.55. The van der Waals surface area contributed by atoms with Crippen LogP contribution in [0.3, 0.4) is 0 Å². The molecule has 0 radical (unpaired) electrons. The highest BCUT2D eigenvalue weighted by Crippen LogP contribution is 2.18. The van der Waals surface area contributed by atoms with E-state index >= 15 is 0 Å². The molecule has 5 heteroatoms. The number of unbranched alkanes of at least 4 members (excludes halogenated alkanes) is 4. The minimum Gasteiger partial charge on any atom is -0.483 e. The first-order valence-electron chi connectivity index (χ1n) is 8.30. The van der Waals surface area contributed by atoms with Gasteiger partial charge >= 0.3 is 0 Å². The van der Waals surface area contributed by atoms with Crippen molar-refractivity contribution in [1.29, 1.82) is 0 Å². The SMILES string of the molecule is CCCCCCCNC(=S)NC(=O)COc1cc(C)ccc1C. The van der Waals surface area contributed by atoms with Gasteiger partial charge in [-0.15, -0.1) is 0 Å². The molecule has 0 aromatic heterocycles. The molecule has 1 aromatic carbocycles.